The number of benzene rings is 1. The van der Waals surface area contributed by atoms with E-state index in [-0.39, 0.29) is 0 Å². The van der Waals surface area contributed by atoms with Crippen LogP contribution >= 0.6 is 0 Å². The zero-order chi connectivity index (χ0) is 21.7. The van der Waals surface area contributed by atoms with Gasteiger partial charge in [-0.25, -0.2) is 0 Å². The Labute approximate surface area is 178 Å². The van der Waals surface area contributed by atoms with Crippen LogP contribution in [0, 0.1) is 11.8 Å². The summed E-state index contributed by atoms with van der Waals surface area (Å²) in [6, 6.07) is 6.71. The van der Waals surface area contributed by atoms with E-state index in [0.29, 0.717) is 35.6 Å². The average Bonchev–Trinajstić information content (AvgIpc) is 3.03. The van der Waals surface area contributed by atoms with Crippen molar-refractivity contribution in [3.63, 3.8) is 0 Å². The Morgan fingerprint density at radius 1 is 1.17 bits per heavy atom. The number of furan rings is 1. The molecule has 5 atom stereocenters. The van der Waals surface area contributed by atoms with Crippen molar-refractivity contribution in [2.75, 3.05) is 6.54 Å². The second-order valence-electron chi connectivity index (χ2n) is 8.65. The minimum absolute atomic E-state index is 0.337. The van der Waals surface area contributed by atoms with Crippen LogP contribution in [0.1, 0.15) is 91.9 Å². The first-order valence-corrected chi connectivity index (χ1v) is 12.0. The van der Waals surface area contributed by atoms with E-state index in [1.807, 2.05) is 39.8 Å². The van der Waals surface area contributed by atoms with E-state index in [1.54, 1.807) is 6.07 Å². The van der Waals surface area contributed by atoms with Gasteiger partial charge in [-0.15, -0.1) is 0 Å². The fourth-order valence-electron chi connectivity index (χ4n) is 5.48. The van der Waals surface area contributed by atoms with Gasteiger partial charge in [0.1, 0.15) is 17.1 Å². The van der Waals surface area contributed by atoms with Crippen molar-refractivity contribution in [1.82, 2.24) is 4.90 Å². The molecule has 5 unspecified atom stereocenters. The van der Waals surface area contributed by atoms with Gasteiger partial charge in [-0.05, 0) is 49.3 Å². The first-order valence-electron chi connectivity index (χ1n) is 12.0. The highest BCUT2D eigenvalue weighted by molar-refractivity contribution is 5.84. The summed E-state index contributed by atoms with van der Waals surface area (Å²) >= 11 is 0. The zero-order valence-corrected chi connectivity index (χ0v) is 20.0. The van der Waals surface area contributed by atoms with Gasteiger partial charge in [-0.3, -0.25) is 4.90 Å². The first-order chi connectivity index (χ1) is 14.0. The summed E-state index contributed by atoms with van der Waals surface area (Å²) in [5, 5.41) is 11.1. The number of phenolic OH excluding ortho intramolecular Hbond substituents is 1. The number of phenols is 1. The fourth-order valence-corrected chi connectivity index (χ4v) is 5.48. The van der Waals surface area contributed by atoms with E-state index < -0.39 is 0 Å². The highest BCUT2D eigenvalue weighted by Crippen LogP contribution is 2.47. The SMILES string of the molecule is CC.CC.CCCC1Cc2c(oc3ccc(O)cc23)C2CC(C)CN1C2C(C)C. The van der Waals surface area contributed by atoms with Gasteiger partial charge in [0, 0.05) is 35.5 Å². The maximum absolute atomic E-state index is 10.0. The lowest BCUT2D eigenvalue weighted by Gasteiger charge is -2.47. The summed E-state index contributed by atoms with van der Waals surface area (Å²) in [6.45, 7) is 18.6. The normalized spacial score (nSPS) is 28.0. The lowest BCUT2D eigenvalue weighted by Crippen LogP contribution is -2.53. The molecular weight excluding hydrogens is 358 g/mol. The highest BCUT2D eigenvalue weighted by Gasteiger charge is 2.45. The summed E-state index contributed by atoms with van der Waals surface area (Å²) in [4.78, 5) is 2.80. The predicted molar refractivity (Wildman–Crippen MR) is 125 cm³/mol. The van der Waals surface area contributed by atoms with Gasteiger partial charge in [-0.2, -0.15) is 0 Å². The number of piperidine rings is 1. The second kappa shape index (κ2) is 10.5. The van der Waals surface area contributed by atoms with Crippen LogP contribution < -0.4 is 0 Å². The number of fused-ring (bicyclic) bond motifs is 6. The van der Waals surface area contributed by atoms with Gasteiger partial charge >= 0.3 is 0 Å². The number of aromatic hydroxyl groups is 1. The van der Waals surface area contributed by atoms with E-state index in [4.69, 9.17) is 4.42 Å². The summed E-state index contributed by atoms with van der Waals surface area (Å²) in [5.41, 5.74) is 2.30. The number of hydrogen-bond donors (Lipinski definition) is 1. The van der Waals surface area contributed by atoms with Crippen molar-refractivity contribution in [3.05, 3.63) is 29.5 Å². The predicted octanol–water partition coefficient (Wildman–Crippen LogP) is 7.37. The van der Waals surface area contributed by atoms with Gasteiger partial charge in [0.2, 0.25) is 0 Å². The molecule has 29 heavy (non-hydrogen) atoms. The van der Waals surface area contributed by atoms with E-state index >= 15 is 0 Å². The van der Waals surface area contributed by atoms with Crippen molar-refractivity contribution in [2.45, 2.75) is 99.1 Å². The van der Waals surface area contributed by atoms with Crippen LogP contribution in [0.25, 0.3) is 11.0 Å². The molecule has 3 nitrogen and oxygen atoms in total. The molecule has 1 aromatic heterocycles. The molecule has 2 bridgehead atoms. The second-order valence-corrected chi connectivity index (χ2v) is 8.65. The Bertz CT molecular complexity index is 763. The van der Waals surface area contributed by atoms with Crippen LogP contribution in [0.5, 0.6) is 5.75 Å². The van der Waals surface area contributed by atoms with Crippen LogP contribution in [-0.4, -0.2) is 28.6 Å². The Hall–Kier alpha value is -1.48. The molecular formula is C26H43NO2. The largest absolute Gasteiger partial charge is 0.508 e. The third kappa shape index (κ3) is 4.66. The van der Waals surface area contributed by atoms with Crippen molar-refractivity contribution in [2.24, 2.45) is 11.8 Å². The van der Waals surface area contributed by atoms with Crippen molar-refractivity contribution >= 4 is 11.0 Å². The van der Waals surface area contributed by atoms with Crippen molar-refractivity contribution in [3.8, 4) is 5.75 Å². The molecule has 0 radical (unpaired) electrons. The fraction of sp³-hybridized carbons (Fsp3) is 0.692. The van der Waals surface area contributed by atoms with Crippen molar-refractivity contribution in [1.29, 1.82) is 0 Å². The minimum Gasteiger partial charge on any atom is -0.508 e. The molecule has 4 rings (SSSR count). The maximum atomic E-state index is 10.0. The molecule has 1 saturated heterocycles. The summed E-state index contributed by atoms with van der Waals surface area (Å²) in [5.74, 6) is 3.32. The monoisotopic (exact) mass is 401 g/mol. The van der Waals surface area contributed by atoms with Crippen LogP contribution in [-0.2, 0) is 6.42 Å². The molecule has 2 aromatic rings. The molecule has 3 heterocycles. The third-order valence-electron chi connectivity index (χ3n) is 6.33. The quantitative estimate of drug-likeness (QED) is 0.583. The Morgan fingerprint density at radius 3 is 2.48 bits per heavy atom. The Balaban J connectivity index is 0.000000707. The number of nitrogens with zero attached hydrogens (tertiary/aromatic N) is 1. The molecule has 164 valence electrons. The van der Waals surface area contributed by atoms with Gasteiger partial charge in [0.05, 0.1) is 0 Å². The van der Waals surface area contributed by atoms with E-state index in [9.17, 15) is 5.11 Å². The molecule has 2 aliphatic heterocycles. The molecule has 2 aliphatic rings. The molecule has 0 aliphatic carbocycles. The van der Waals surface area contributed by atoms with Crippen LogP contribution in [0.2, 0.25) is 0 Å². The molecule has 0 amide bonds. The van der Waals surface area contributed by atoms with Crippen LogP contribution in [0.3, 0.4) is 0 Å². The lowest BCUT2D eigenvalue weighted by atomic mass is 9.77. The smallest absolute Gasteiger partial charge is 0.134 e. The van der Waals surface area contributed by atoms with Crippen molar-refractivity contribution < 1.29 is 9.52 Å². The maximum Gasteiger partial charge on any atom is 0.134 e. The average molecular weight is 402 g/mol. The number of rotatable bonds is 3. The molecule has 1 N–H and O–H groups in total. The summed E-state index contributed by atoms with van der Waals surface area (Å²) < 4.78 is 6.43. The van der Waals surface area contributed by atoms with Gasteiger partial charge in [0.25, 0.3) is 0 Å². The van der Waals surface area contributed by atoms with Gasteiger partial charge in [-0.1, -0.05) is 61.8 Å². The molecule has 0 saturated carbocycles. The van der Waals surface area contributed by atoms with Gasteiger partial charge < -0.3 is 9.52 Å². The zero-order valence-electron chi connectivity index (χ0n) is 20.0. The summed E-state index contributed by atoms with van der Waals surface area (Å²) in [7, 11) is 0. The van der Waals surface area contributed by atoms with Gasteiger partial charge in [0.15, 0.2) is 0 Å². The molecule has 3 heteroatoms. The van der Waals surface area contributed by atoms with E-state index in [1.165, 1.54) is 37.1 Å². The molecule has 1 fully saturated rings. The topological polar surface area (TPSA) is 36.6 Å². The Morgan fingerprint density at radius 2 is 1.86 bits per heavy atom. The summed E-state index contributed by atoms with van der Waals surface area (Å²) in [6.07, 6.45) is 4.69. The highest BCUT2D eigenvalue weighted by atomic mass is 16.3. The standard InChI is InChI=1S/C22H31NO2.2C2H6/c1-5-6-15-10-18-17-11-16(24)7-8-20(17)25-22(18)19-9-14(4)12-23(15)21(19)13(2)3;2*1-2/h7-8,11,13-15,19,21,24H,5-6,9-10,12H2,1-4H3;2*1-2H3. The third-order valence-corrected chi connectivity index (χ3v) is 6.33. The van der Waals surface area contributed by atoms with E-state index in [0.717, 1.165) is 17.4 Å². The van der Waals surface area contributed by atoms with E-state index in [2.05, 4.69) is 32.6 Å². The van der Waals surface area contributed by atoms with Crippen LogP contribution in [0.4, 0.5) is 0 Å². The Kier molecular flexibility index (Phi) is 8.63. The lowest BCUT2D eigenvalue weighted by molar-refractivity contribution is 0.0242. The molecule has 0 spiro atoms. The first kappa shape index (κ1) is 23.8. The number of hydrogen-bond acceptors (Lipinski definition) is 3. The van der Waals surface area contributed by atoms with Crippen LogP contribution in [0.15, 0.2) is 22.6 Å². The molecule has 1 aromatic carbocycles. The minimum atomic E-state index is 0.337.